The topological polar surface area (TPSA) is 64.7 Å². The summed E-state index contributed by atoms with van der Waals surface area (Å²) >= 11 is 0. The van der Waals surface area contributed by atoms with Gasteiger partial charge in [-0.25, -0.2) is 4.39 Å². The molecule has 0 aliphatic carbocycles. The molecule has 1 atom stereocenters. The Hall–Kier alpha value is -2.15. The van der Waals surface area contributed by atoms with E-state index >= 15 is 0 Å². The molecule has 3 aliphatic rings. The van der Waals surface area contributed by atoms with Gasteiger partial charge < -0.3 is 10.2 Å². The smallest absolute Gasteiger partial charge is 0.249 e. The van der Waals surface area contributed by atoms with Gasteiger partial charge in [-0.1, -0.05) is 0 Å². The number of likely N-dealkylation sites (tertiary alicyclic amines) is 1. The van der Waals surface area contributed by atoms with Crippen LogP contribution in [0.4, 0.5) is 15.8 Å². The zero-order valence-electron chi connectivity index (χ0n) is 19.6. The Balaban J connectivity index is 1.29. The van der Waals surface area contributed by atoms with E-state index in [1.165, 1.54) is 32.0 Å². The molecule has 0 saturated carbocycles. The van der Waals surface area contributed by atoms with Gasteiger partial charge >= 0.3 is 0 Å². The van der Waals surface area contributed by atoms with Crippen molar-refractivity contribution in [3.8, 4) is 0 Å². The summed E-state index contributed by atoms with van der Waals surface area (Å²) in [6, 6.07) is 4.61. The molecule has 3 heterocycles. The van der Waals surface area contributed by atoms with Crippen LogP contribution in [0.5, 0.6) is 0 Å². The Morgan fingerprint density at radius 1 is 0.969 bits per heavy atom. The number of anilines is 2. The molecule has 1 aromatic rings. The number of hydrogen-bond donors (Lipinski definition) is 2. The molecule has 2 N–H and O–H groups in total. The predicted octanol–water partition coefficient (Wildman–Crippen LogP) is 3.77. The van der Waals surface area contributed by atoms with E-state index < -0.39 is 6.04 Å². The first-order valence-electron chi connectivity index (χ1n) is 12.1. The van der Waals surface area contributed by atoms with E-state index in [4.69, 9.17) is 0 Å². The number of hydrogen-bond acceptors (Lipinski definition) is 5. The molecule has 1 unspecified atom stereocenters. The number of carbonyl (C=O) groups excluding carboxylic acids is 2. The van der Waals surface area contributed by atoms with Gasteiger partial charge in [0.05, 0.1) is 5.69 Å². The van der Waals surface area contributed by atoms with Crippen LogP contribution in [0.1, 0.15) is 59.3 Å². The van der Waals surface area contributed by atoms with E-state index in [9.17, 15) is 14.0 Å². The first-order chi connectivity index (χ1) is 15.2. The third kappa shape index (κ3) is 5.25. The summed E-state index contributed by atoms with van der Waals surface area (Å²) in [5.74, 6) is 0.670. The van der Waals surface area contributed by atoms with Gasteiger partial charge in [-0.2, -0.15) is 0 Å². The highest BCUT2D eigenvalue weighted by Gasteiger charge is 2.33. The minimum absolute atomic E-state index is 0.252. The summed E-state index contributed by atoms with van der Waals surface area (Å²) < 4.78 is 14.9. The lowest BCUT2D eigenvalue weighted by molar-refractivity contribution is -0.133. The van der Waals surface area contributed by atoms with Crippen LogP contribution in [0.2, 0.25) is 0 Å². The molecular weight excluding hydrogens is 407 g/mol. The van der Waals surface area contributed by atoms with Crippen molar-refractivity contribution in [1.82, 2.24) is 10.2 Å². The van der Waals surface area contributed by atoms with Gasteiger partial charge in [-0.15, -0.1) is 0 Å². The van der Waals surface area contributed by atoms with Crippen LogP contribution in [0, 0.1) is 17.7 Å². The second-order valence-electron chi connectivity index (χ2n) is 10.6. The highest BCUT2D eigenvalue weighted by atomic mass is 19.1. The molecule has 32 heavy (non-hydrogen) atoms. The van der Waals surface area contributed by atoms with E-state index in [2.05, 4.69) is 41.2 Å². The summed E-state index contributed by atoms with van der Waals surface area (Å²) in [5.41, 5.74) is 1.46. The minimum atomic E-state index is -0.501. The fraction of sp³-hybridized carbons (Fsp3) is 0.680. The van der Waals surface area contributed by atoms with E-state index in [0.717, 1.165) is 37.8 Å². The highest BCUT2D eigenvalue weighted by molar-refractivity contribution is 6.01. The van der Waals surface area contributed by atoms with Crippen molar-refractivity contribution in [2.75, 3.05) is 36.4 Å². The fourth-order valence-electron chi connectivity index (χ4n) is 5.54. The molecule has 7 heteroatoms. The summed E-state index contributed by atoms with van der Waals surface area (Å²) in [6.45, 7) is 11.0. The maximum atomic E-state index is 14.9. The number of amides is 2. The van der Waals surface area contributed by atoms with Crippen LogP contribution < -0.4 is 15.5 Å². The SMILES string of the molecule is CC(C)(C)N1CCC(C2CCN(c3ccc(NC4CCC(=O)NC4=O)cc3F)CC2)CC1. The van der Waals surface area contributed by atoms with E-state index in [0.29, 0.717) is 24.2 Å². The first kappa shape index (κ1) is 23.0. The molecule has 3 aliphatic heterocycles. The Kier molecular flexibility index (Phi) is 6.75. The molecule has 3 saturated heterocycles. The summed E-state index contributed by atoms with van der Waals surface area (Å²) in [6.07, 6.45) is 5.52. The summed E-state index contributed by atoms with van der Waals surface area (Å²) in [7, 11) is 0. The van der Waals surface area contributed by atoms with Gasteiger partial charge in [0.15, 0.2) is 0 Å². The molecule has 1 aromatic carbocycles. The number of nitrogens with one attached hydrogen (secondary N) is 2. The monoisotopic (exact) mass is 444 g/mol. The van der Waals surface area contributed by atoms with Crippen molar-refractivity contribution in [3.05, 3.63) is 24.0 Å². The molecule has 4 rings (SSSR count). The van der Waals surface area contributed by atoms with Gasteiger partial charge in [0.1, 0.15) is 11.9 Å². The predicted molar refractivity (Wildman–Crippen MR) is 125 cm³/mol. The van der Waals surface area contributed by atoms with Gasteiger partial charge in [0.2, 0.25) is 11.8 Å². The lowest BCUT2D eigenvalue weighted by Gasteiger charge is -2.44. The van der Waals surface area contributed by atoms with E-state index in [-0.39, 0.29) is 23.2 Å². The van der Waals surface area contributed by atoms with Crippen LogP contribution in [0.15, 0.2) is 18.2 Å². The average molecular weight is 445 g/mol. The Labute approximate surface area is 190 Å². The molecule has 0 bridgehead atoms. The van der Waals surface area contributed by atoms with Gasteiger partial charge in [-0.3, -0.25) is 19.8 Å². The molecule has 0 radical (unpaired) electrons. The largest absolute Gasteiger partial charge is 0.374 e. The van der Waals surface area contributed by atoms with Crippen LogP contribution in [-0.2, 0) is 9.59 Å². The van der Waals surface area contributed by atoms with Crippen LogP contribution in [0.25, 0.3) is 0 Å². The lowest BCUT2D eigenvalue weighted by Crippen LogP contribution is -2.48. The van der Waals surface area contributed by atoms with Crippen LogP contribution in [-0.4, -0.2) is 54.5 Å². The summed E-state index contributed by atoms with van der Waals surface area (Å²) in [5, 5.41) is 5.38. The Morgan fingerprint density at radius 3 is 2.16 bits per heavy atom. The number of halogens is 1. The first-order valence-corrected chi connectivity index (χ1v) is 12.1. The lowest BCUT2D eigenvalue weighted by atomic mass is 9.78. The van der Waals surface area contributed by atoms with Crippen molar-refractivity contribution < 1.29 is 14.0 Å². The molecule has 0 aromatic heterocycles. The second-order valence-corrected chi connectivity index (χ2v) is 10.6. The zero-order valence-corrected chi connectivity index (χ0v) is 19.6. The standard InChI is InChI=1S/C25H37FN4O2/c1-25(2,3)30-14-10-18(11-15-30)17-8-12-29(13-9-17)22-6-4-19(16-20(22)26)27-21-5-7-23(31)28-24(21)32/h4,6,16-18,21,27H,5,7-15H2,1-3H3,(H,28,31,32). The van der Waals surface area contributed by atoms with Gasteiger partial charge in [0.25, 0.3) is 0 Å². The van der Waals surface area contributed by atoms with Crippen LogP contribution >= 0.6 is 0 Å². The number of nitrogens with zero attached hydrogens (tertiary/aromatic N) is 2. The van der Waals surface area contributed by atoms with E-state index in [1.54, 1.807) is 0 Å². The van der Waals surface area contributed by atoms with Gasteiger partial charge in [-0.05, 0) is 96.0 Å². The van der Waals surface area contributed by atoms with Crippen molar-refractivity contribution in [2.24, 2.45) is 11.8 Å². The maximum absolute atomic E-state index is 14.9. The van der Waals surface area contributed by atoms with Crippen molar-refractivity contribution in [3.63, 3.8) is 0 Å². The molecule has 6 nitrogen and oxygen atoms in total. The molecule has 176 valence electrons. The van der Waals surface area contributed by atoms with Crippen molar-refractivity contribution >= 4 is 23.2 Å². The number of imide groups is 1. The number of benzene rings is 1. The third-order valence-corrected chi connectivity index (χ3v) is 7.56. The van der Waals surface area contributed by atoms with Crippen molar-refractivity contribution in [1.29, 1.82) is 0 Å². The number of piperidine rings is 3. The fourth-order valence-corrected chi connectivity index (χ4v) is 5.54. The van der Waals surface area contributed by atoms with Crippen LogP contribution in [0.3, 0.4) is 0 Å². The number of carbonyl (C=O) groups is 2. The third-order valence-electron chi connectivity index (χ3n) is 7.56. The van der Waals surface area contributed by atoms with Crippen molar-refractivity contribution in [2.45, 2.75) is 70.9 Å². The molecule has 3 fully saturated rings. The van der Waals surface area contributed by atoms with E-state index in [1.807, 2.05) is 12.1 Å². The molecule has 0 spiro atoms. The summed E-state index contributed by atoms with van der Waals surface area (Å²) in [4.78, 5) is 28.0. The quantitative estimate of drug-likeness (QED) is 0.692. The van der Waals surface area contributed by atoms with Gasteiger partial charge in [0, 0.05) is 30.7 Å². The molecular formula is C25H37FN4O2. The second kappa shape index (κ2) is 9.38. The average Bonchev–Trinajstić information content (AvgIpc) is 2.76. The minimum Gasteiger partial charge on any atom is -0.374 e. The molecule has 2 amide bonds. The Bertz CT molecular complexity index is 837. The highest BCUT2D eigenvalue weighted by Crippen LogP contribution is 2.36. The maximum Gasteiger partial charge on any atom is 0.249 e. The normalized spacial score (nSPS) is 24.5. The number of rotatable bonds is 4. The zero-order chi connectivity index (χ0) is 22.9. The Morgan fingerprint density at radius 2 is 1.59 bits per heavy atom.